The fourth-order valence-electron chi connectivity index (χ4n) is 2.37. The van der Waals surface area contributed by atoms with Crippen LogP contribution in [0.15, 0.2) is 47.4 Å². The highest BCUT2D eigenvalue weighted by Gasteiger charge is 2.41. The van der Waals surface area contributed by atoms with Crippen molar-refractivity contribution in [1.29, 1.82) is 0 Å². The zero-order valence-electron chi connectivity index (χ0n) is 11.8. The molecule has 2 aromatic carbocycles. The molecule has 0 saturated carbocycles. The van der Waals surface area contributed by atoms with Crippen LogP contribution >= 0.6 is 35.0 Å². The number of benzene rings is 2. The monoisotopic (exact) mass is 366 g/mol. The Hall–Kier alpha value is -1.69. The Morgan fingerprint density at radius 3 is 2.35 bits per heavy atom. The lowest BCUT2D eigenvalue weighted by atomic mass is 10.3. The molecule has 1 atom stereocenters. The second-order valence-corrected chi connectivity index (χ2v) is 7.05. The van der Waals surface area contributed by atoms with Gasteiger partial charge in [0.2, 0.25) is 11.8 Å². The van der Waals surface area contributed by atoms with Gasteiger partial charge in [-0.2, -0.15) is 0 Å². The maximum Gasteiger partial charge on any atom is 0.247 e. The lowest BCUT2D eigenvalue weighted by Gasteiger charge is -2.18. The van der Waals surface area contributed by atoms with E-state index in [4.69, 9.17) is 28.9 Å². The molecule has 0 aliphatic carbocycles. The van der Waals surface area contributed by atoms with E-state index >= 15 is 0 Å². The van der Waals surface area contributed by atoms with Crippen LogP contribution in [0.2, 0.25) is 10.0 Å². The summed E-state index contributed by atoms with van der Waals surface area (Å²) in [5.41, 5.74) is 6.72. The first-order chi connectivity index (χ1) is 11.0. The van der Waals surface area contributed by atoms with E-state index in [1.807, 2.05) is 18.2 Å². The minimum atomic E-state index is -0.542. The van der Waals surface area contributed by atoms with Gasteiger partial charge in [-0.25, -0.2) is 4.90 Å². The second-order valence-electron chi connectivity index (χ2n) is 4.99. The molecule has 4 nitrogen and oxygen atoms in total. The average molecular weight is 367 g/mol. The van der Waals surface area contributed by atoms with E-state index in [1.54, 1.807) is 24.3 Å². The average Bonchev–Trinajstić information content (AvgIpc) is 2.77. The molecule has 2 N–H and O–H groups in total. The number of nitrogens with two attached hydrogens (primary N) is 1. The molecule has 0 spiro atoms. The van der Waals surface area contributed by atoms with Crippen molar-refractivity contribution in [3.05, 3.63) is 52.5 Å². The topological polar surface area (TPSA) is 63.4 Å². The number of para-hydroxylation sites is 2. The quantitative estimate of drug-likeness (QED) is 0.658. The third kappa shape index (κ3) is 3.04. The van der Waals surface area contributed by atoms with Gasteiger partial charge in [0.15, 0.2) is 0 Å². The minimum absolute atomic E-state index is 0.0827. The van der Waals surface area contributed by atoms with E-state index < -0.39 is 5.25 Å². The van der Waals surface area contributed by atoms with E-state index in [9.17, 15) is 9.59 Å². The number of amides is 2. The maximum absolute atomic E-state index is 12.7. The standard InChI is InChI=1S/C16H12Cl2N2O2S/c17-9-4-3-5-10(18)15(9)20-14(21)8-13(16(20)22)23-12-7-2-1-6-11(12)19/h1-7,13H,8,19H2. The van der Waals surface area contributed by atoms with Gasteiger partial charge in [-0.05, 0) is 24.3 Å². The normalized spacial score (nSPS) is 17.8. The molecule has 7 heteroatoms. The van der Waals surface area contributed by atoms with Gasteiger partial charge >= 0.3 is 0 Å². The minimum Gasteiger partial charge on any atom is -0.398 e. The molecule has 1 aliphatic heterocycles. The lowest BCUT2D eigenvalue weighted by Crippen LogP contribution is -2.31. The number of carbonyl (C=O) groups is 2. The molecule has 2 aromatic rings. The van der Waals surface area contributed by atoms with Crippen molar-refractivity contribution < 1.29 is 9.59 Å². The van der Waals surface area contributed by atoms with E-state index in [0.29, 0.717) is 5.69 Å². The zero-order chi connectivity index (χ0) is 16.6. The molecule has 0 bridgehead atoms. The molecule has 2 amide bonds. The van der Waals surface area contributed by atoms with Gasteiger partial charge in [0.25, 0.3) is 0 Å². The van der Waals surface area contributed by atoms with Crippen LogP contribution in [0.1, 0.15) is 6.42 Å². The van der Waals surface area contributed by atoms with Gasteiger partial charge in [-0.1, -0.05) is 41.4 Å². The molecule has 3 rings (SSSR count). The summed E-state index contributed by atoms with van der Waals surface area (Å²) in [6, 6.07) is 12.1. The van der Waals surface area contributed by atoms with Crippen molar-refractivity contribution in [2.45, 2.75) is 16.6 Å². The lowest BCUT2D eigenvalue weighted by molar-refractivity contribution is -0.121. The number of thioether (sulfide) groups is 1. The second kappa shape index (κ2) is 6.43. The number of anilines is 2. The molecule has 1 saturated heterocycles. The highest BCUT2D eigenvalue weighted by molar-refractivity contribution is 8.00. The Kier molecular flexibility index (Phi) is 4.53. The van der Waals surface area contributed by atoms with Crippen molar-refractivity contribution >= 4 is 58.2 Å². The fraction of sp³-hybridized carbons (Fsp3) is 0.125. The first kappa shape index (κ1) is 16.2. The summed E-state index contributed by atoms with van der Waals surface area (Å²) in [5.74, 6) is -0.657. The highest BCUT2D eigenvalue weighted by atomic mass is 35.5. The van der Waals surface area contributed by atoms with Gasteiger partial charge < -0.3 is 5.73 Å². The van der Waals surface area contributed by atoms with E-state index in [2.05, 4.69) is 0 Å². The Morgan fingerprint density at radius 1 is 1.04 bits per heavy atom. The van der Waals surface area contributed by atoms with Crippen molar-refractivity contribution in [2.75, 3.05) is 10.6 Å². The van der Waals surface area contributed by atoms with E-state index in [0.717, 1.165) is 9.80 Å². The summed E-state index contributed by atoms with van der Waals surface area (Å²) >= 11 is 13.5. The Bertz CT molecular complexity index is 777. The van der Waals surface area contributed by atoms with Gasteiger partial charge in [-0.3, -0.25) is 9.59 Å². The van der Waals surface area contributed by atoms with Crippen LogP contribution in [0.5, 0.6) is 0 Å². The highest BCUT2D eigenvalue weighted by Crippen LogP contribution is 2.40. The molecule has 0 radical (unpaired) electrons. The number of hydrogen-bond acceptors (Lipinski definition) is 4. The van der Waals surface area contributed by atoms with Gasteiger partial charge in [0, 0.05) is 17.0 Å². The van der Waals surface area contributed by atoms with E-state index in [-0.39, 0.29) is 34.0 Å². The smallest absolute Gasteiger partial charge is 0.247 e. The largest absolute Gasteiger partial charge is 0.398 e. The summed E-state index contributed by atoms with van der Waals surface area (Å²) in [5, 5.41) is -0.00677. The summed E-state index contributed by atoms with van der Waals surface area (Å²) in [4.78, 5) is 26.8. The summed E-state index contributed by atoms with van der Waals surface area (Å²) in [7, 11) is 0. The van der Waals surface area contributed by atoms with Crippen LogP contribution in [0.3, 0.4) is 0 Å². The molecule has 1 heterocycles. The molecular formula is C16H12Cl2N2O2S. The van der Waals surface area contributed by atoms with Gasteiger partial charge in [0.05, 0.1) is 21.0 Å². The van der Waals surface area contributed by atoms with Crippen LogP contribution in [-0.2, 0) is 9.59 Å². The Balaban J connectivity index is 1.90. The molecule has 23 heavy (non-hydrogen) atoms. The number of nitrogen functional groups attached to an aromatic ring is 1. The number of carbonyl (C=O) groups excluding carboxylic acids is 2. The van der Waals surface area contributed by atoms with Gasteiger partial charge in [0.1, 0.15) is 0 Å². The SMILES string of the molecule is Nc1ccccc1SC1CC(=O)N(c2c(Cl)cccc2Cl)C1=O. The number of halogens is 2. The van der Waals surface area contributed by atoms with Crippen molar-refractivity contribution in [3.8, 4) is 0 Å². The van der Waals surface area contributed by atoms with Crippen LogP contribution in [0, 0.1) is 0 Å². The summed E-state index contributed by atoms with van der Waals surface area (Å²) in [6.45, 7) is 0. The molecule has 0 aromatic heterocycles. The van der Waals surface area contributed by atoms with Crippen molar-refractivity contribution in [3.63, 3.8) is 0 Å². The van der Waals surface area contributed by atoms with Crippen LogP contribution in [-0.4, -0.2) is 17.1 Å². The predicted octanol–water partition coefficient (Wildman–Crippen LogP) is 4.00. The molecular weight excluding hydrogens is 355 g/mol. The van der Waals surface area contributed by atoms with E-state index in [1.165, 1.54) is 11.8 Å². The zero-order valence-corrected chi connectivity index (χ0v) is 14.2. The number of nitrogens with zero attached hydrogens (tertiary/aromatic N) is 1. The predicted molar refractivity (Wildman–Crippen MR) is 94.1 cm³/mol. The van der Waals surface area contributed by atoms with Crippen LogP contribution in [0.4, 0.5) is 11.4 Å². The first-order valence-electron chi connectivity index (χ1n) is 6.81. The van der Waals surface area contributed by atoms with Crippen molar-refractivity contribution in [1.82, 2.24) is 0 Å². The third-order valence-electron chi connectivity index (χ3n) is 3.45. The molecule has 1 aliphatic rings. The number of hydrogen-bond donors (Lipinski definition) is 1. The number of imide groups is 1. The maximum atomic E-state index is 12.7. The van der Waals surface area contributed by atoms with Crippen LogP contribution < -0.4 is 10.6 Å². The summed E-state index contributed by atoms with van der Waals surface area (Å²) < 4.78 is 0. The first-order valence-corrected chi connectivity index (χ1v) is 8.44. The Morgan fingerprint density at radius 2 is 1.70 bits per heavy atom. The molecule has 118 valence electrons. The third-order valence-corrected chi connectivity index (χ3v) is 5.34. The molecule has 1 unspecified atom stereocenters. The summed E-state index contributed by atoms with van der Waals surface area (Å²) in [6.07, 6.45) is 0.0827. The number of rotatable bonds is 3. The Labute approximate surface area is 147 Å². The van der Waals surface area contributed by atoms with Crippen LogP contribution in [0.25, 0.3) is 0 Å². The van der Waals surface area contributed by atoms with Gasteiger partial charge in [-0.15, -0.1) is 11.8 Å². The molecule has 1 fully saturated rings. The fourth-order valence-corrected chi connectivity index (χ4v) is 4.04. The van der Waals surface area contributed by atoms with Crippen molar-refractivity contribution in [2.24, 2.45) is 0 Å².